The van der Waals surface area contributed by atoms with Gasteiger partial charge in [-0.1, -0.05) is 18.8 Å². The highest BCUT2D eigenvalue weighted by atomic mass is 32.1. The zero-order chi connectivity index (χ0) is 14.5. The molecule has 1 rings (SSSR count). The van der Waals surface area contributed by atoms with E-state index >= 15 is 0 Å². The molecule has 0 radical (unpaired) electrons. The third-order valence-corrected chi connectivity index (χ3v) is 4.07. The summed E-state index contributed by atoms with van der Waals surface area (Å²) in [5.74, 6) is 5.83. The van der Waals surface area contributed by atoms with Gasteiger partial charge < -0.3 is 10.4 Å². The highest BCUT2D eigenvalue weighted by molar-refractivity contribution is 7.14. The molecule has 0 saturated heterocycles. The first-order chi connectivity index (χ1) is 8.89. The molecule has 0 spiro atoms. The van der Waals surface area contributed by atoms with Gasteiger partial charge in [0.15, 0.2) is 0 Å². The Balaban J connectivity index is 2.84. The van der Waals surface area contributed by atoms with Gasteiger partial charge in [0.25, 0.3) is 5.91 Å². The minimum atomic E-state index is -0.197. The van der Waals surface area contributed by atoms with Crippen LogP contribution in [0.1, 0.15) is 53.7 Å². The standard InChI is InChI=1S/C15H21NO2S/c1-5-15(3,4)16-14(18)13-10-11(2)12(19-13)8-6-7-9-17/h10,17H,5,7,9H2,1-4H3,(H,16,18). The Kier molecular flexibility index (Phi) is 5.59. The van der Waals surface area contributed by atoms with Crippen molar-refractivity contribution in [3.63, 3.8) is 0 Å². The number of aliphatic hydroxyl groups is 1. The van der Waals surface area contributed by atoms with Crippen LogP contribution in [0.15, 0.2) is 6.07 Å². The SMILES string of the molecule is CCC(C)(C)NC(=O)c1cc(C)c(C#CCCO)s1. The maximum absolute atomic E-state index is 12.1. The minimum absolute atomic E-state index is 0.0461. The van der Waals surface area contributed by atoms with Gasteiger partial charge in [0.1, 0.15) is 0 Å². The van der Waals surface area contributed by atoms with Gasteiger partial charge in [0.05, 0.1) is 16.4 Å². The topological polar surface area (TPSA) is 49.3 Å². The van der Waals surface area contributed by atoms with Gasteiger partial charge in [-0.15, -0.1) is 11.3 Å². The summed E-state index contributed by atoms with van der Waals surface area (Å²) in [7, 11) is 0. The zero-order valence-corrected chi connectivity index (χ0v) is 12.8. The average molecular weight is 279 g/mol. The molecule has 1 aromatic rings. The van der Waals surface area contributed by atoms with Crippen LogP contribution in [-0.4, -0.2) is 23.2 Å². The normalized spacial score (nSPS) is 10.8. The summed E-state index contributed by atoms with van der Waals surface area (Å²) in [5.41, 5.74) is 0.812. The first kappa shape index (κ1) is 15.7. The molecular formula is C15H21NO2S. The number of rotatable bonds is 4. The van der Waals surface area contributed by atoms with Crippen molar-refractivity contribution in [2.75, 3.05) is 6.61 Å². The lowest BCUT2D eigenvalue weighted by molar-refractivity contribution is 0.0915. The number of carbonyl (C=O) groups excluding carboxylic acids is 1. The van der Waals surface area contributed by atoms with Crippen molar-refractivity contribution >= 4 is 17.2 Å². The monoisotopic (exact) mass is 279 g/mol. The fraction of sp³-hybridized carbons (Fsp3) is 0.533. The first-order valence-electron chi connectivity index (χ1n) is 6.42. The second-order valence-corrected chi connectivity index (χ2v) is 6.14. The second kappa shape index (κ2) is 6.74. The van der Waals surface area contributed by atoms with E-state index < -0.39 is 0 Å². The summed E-state index contributed by atoms with van der Waals surface area (Å²) in [6.45, 7) is 8.07. The summed E-state index contributed by atoms with van der Waals surface area (Å²) < 4.78 is 0. The van der Waals surface area contributed by atoms with E-state index in [-0.39, 0.29) is 18.1 Å². The summed E-state index contributed by atoms with van der Waals surface area (Å²) in [5, 5.41) is 11.7. The molecular weight excluding hydrogens is 258 g/mol. The van der Waals surface area contributed by atoms with Crippen molar-refractivity contribution in [1.29, 1.82) is 0 Å². The molecule has 0 fully saturated rings. The van der Waals surface area contributed by atoms with Crippen LogP contribution in [-0.2, 0) is 0 Å². The number of aliphatic hydroxyl groups excluding tert-OH is 1. The van der Waals surface area contributed by atoms with Gasteiger partial charge in [-0.05, 0) is 38.8 Å². The van der Waals surface area contributed by atoms with Crippen LogP contribution in [0.4, 0.5) is 0 Å². The van der Waals surface area contributed by atoms with Crippen molar-refractivity contribution in [2.24, 2.45) is 0 Å². The quantitative estimate of drug-likeness (QED) is 0.833. The van der Waals surface area contributed by atoms with E-state index in [1.165, 1.54) is 11.3 Å². The van der Waals surface area contributed by atoms with Crippen molar-refractivity contribution in [2.45, 2.75) is 46.1 Å². The van der Waals surface area contributed by atoms with Gasteiger partial charge in [0, 0.05) is 12.0 Å². The van der Waals surface area contributed by atoms with Crippen LogP contribution >= 0.6 is 11.3 Å². The molecule has 0 unspecified atom stereocenters. The van der Waals surface area contributed by atoms with Gasteiger partial charge in [0.2, 0.25) is 0 Å². The Bertz CT molecular complexity index is 506. The Morgan fingerprint density at radius 3 is 2.79 bits per heavy atom. The second-order valence-electron chi connectivity index (χ2n) is 5.09. The molecule has 0 saturated carbocycles. The highest BCUT2D eigenvalue weighted by Crippen LogP contribution is 2.22. The Morgan fingerprint density at radius 1 is 1.53 bits per heavy atom. The van der Waals surface area contributed by atoms with Gasteiger partial charge >= 0.3 is 0 Å². The largest absolute Gasteiger partial charge is 0.395 e. The number of hydrogen-bond donors (Lipinski definition) is 2. The molecule has 0 bridgehead atoms. The lowest BCUT2D eigenvalue weighted by atomic mass is 10.0. The molecule has 0 aliphatic rings. The third-order valence-electron chi connectivity index (χ3n) is 2.92. The van der Waals surface area contributed by atoms with E-state index in [2.05, 4.69) is 17.2 Å². The fourth-order valence-electron chi connectivity index (χ4n) is 1.37. The van der Waals surface area contributed by atoms with E-state index in [9.17, 15) is 4.79 Å². The van der Waals surface area contributed by atoms with Crippen molar-refractivity contribution in [1.82, 2.24) is 5.32 Å². The van der Waals surface area contributed by atoms with Crippen LogP contribution in [0.5, 0.6) is 0 Å². The molecule has 0 aromatic carbocycles. The summed E-state index contributed by atoms with van der Waals surface area (Å²) in [6, 6.07) is 1.87. The lowest BCUT2D eigenvalue weighted by Crippen LogP contribution is -2.42. The molecule has 0 atom stereocenters. The molecule has 1 amide bonds. The predicted octanol–water partition coefficient (Wildman–Crippen LogP) is 2.71. The first-order valence-corrected chi connectivity index (χ1v) is 7.24. The number of amides is 1. The molecule has 1 aromatic heterocycles. The maximum atomic E-state index is 12.1. The highest BCUT2D eigenvalue weighted by Gasteiger charge is 2.20. The van der Waals surface area contributed by atoms with E-state index in [0.29, 0.717) is 11.3 Å². The smallest absolute Gasteiger partial charge is 0.261 e. The van der Waals surface area contributed by atoms with Gasteiger partial charge in [-0.2, -0.15) is 0 Å². The number of aryl methyl sites for hydroxylation is 1. The molecule has 3 nitrogen and oxygen atoms in total. The Morgan fingerprint density at radius 2 is 2.21 bits per heavy atom. The van der Waals surface area contributed by atoms with Crippen molar-refractivity contribution in [3.8, 4) is 11.8 Å². The molecule has 104 valence electrons. The Labute approximate surface area is 119 Å². The summed E-state index contributed by atoms with van der Waals surface area (Å²) >= 11 is 1.40. The van der Waals surface area contributed by atoms with Gasteiger partial charge in [-0.25, -0.2) is 0 Å². The summed E-state index contributed by atoms with van der Waals surface area (Å²) in [6.07, 6.45) is 1.34. The fourth-order valence-corrected chi connectivity index (χ4v) is 2.32. The van der Waals surface area contributed by atoms with Crippen LogP contribution in [0, 0.1) is 18.8 Å². The van der Waals surface area contributed by atoms with Gasteiger partial charge in [-0.3, -0.25) is 4.79 Å². The molecule has 2 N–H and O–H groups in total. The van der Waals surface area contributed by atoms with Crippen molar-refractivity contribution < 1.29 is 9.90 Å². The molecule has 1 heterocycles. The molecule has 4 heteroatoms. The molecule has 0 aliphatic carbocycles. The predicted molar refractivity (Wildman–Crippen MR) is 79.5 cm³/mol. The van der Waals surface area contributed by atoms with Crippen LogP contribution in [0.2, 0.25) is 0 Å². The molecule has 0 aliphatic heterocycles. The molecule has 19 heavy (non-hydrogen) atoms. The van der Waals surface area contributed by atoms with E-state index in [4.69, 9.17) is 5.11 Å². The zero-order valence-electron chi connectivity index (χ0n) is 12.0. The third kappa shape index (κ3) is 4.70. The number of carbonyl (C=O) groups is 1. The van der Waals surface area contributed by atoms with E-state index in [1.54, 1.807) is 0 Å². The number of hydrogen-bond acceptors (Lipinski definition) is 3. The van der Waals surface area contributed by atoms with Crippen LogP contribution in [0.3, 0.4) is 0 Å². The van der Waals surface area contributed by atoms with Crippen molar-refractivity contribution in [3.05, 3.63) is 21.4 Å². The minimum Gasteiger partial charge on any atom is -0.395 e. The van der Waals surface area contributed by atoms with Crippen LogP contribution < -0.4 is 5.32 Å². The summed E-state index contributed by atoms with van der Waals surface area (Å²) in [4.78, 5) is 13.7. The Hall–Kier alpha value is -1.31. The number of thiophene rings is 1. The number of nitrogens with one attached hydrogen (secondary N) is 1. The van der Waals surface area contributed by atoms with E-state index in [0.717, 1.165) is 16.9 Å². The average Bonchev–Trinajstić information content (AvgIpc) is 2.71. The lowest BCUT2D eigenvalue weighted by Gasteiger charge is -2.23. The maximum Gasteiger partial charge on any atom is 0.261 e. The van der Waals surface area contributed by atoms with Crippen LogP contribution in [0.25, 0.3) is 0 Å². The van der Waals surface area contributed by atoms with E-state index in [1.807, 2.05) is 33.8 Å².